The van der Waals surface area contributed by atoms with Gasteiger partial charge in [0.25, 0.3) is 0 Å². The monoisotopic (exact) mass is 290 g/mol. The minimum absolute atomic E-state index is 0.314. The number of rotatable bonds is 4. The van der Waals surface area contributed by atoms with Crippen molar-refractivity contribution in [2.24, 2.45) is 0 Å². The van der Waals surface area contributed by atoms with E-state index in [2.05, 4.69) is 30.5 Å². The summed E-state index contributed by atoms with van der Waals surface area (Å²) in [5.74, 6) is 0.524. The summed E-state index contributed by atoms with van der Waals surface area (Å²) in [5, 5.41) is 11.7. The van der Waals surface area contributed by atoms with Gasteiger partial charge in [0.05, 0.1) is 17.6 Å². The fourth-order valence-electron chi connectivity index (χ4n) is 1.71. The van der Waals surface area contributed by atoms with Crippen molar-refractivity contribution in [2.45, 2.75) is 6.92 Å². The first-order valence-electron chi connectivity index (χ1n) is 5.81. The molecule has 0 aliphatic carbocycles. The van der Waals surface area contributed by atoms with E-state index >= 15 is 0 Å². The van der Waals surface area contributed by atoms with Crippen molar-refractivity contribution in [3.63, 3.8) is 0 Å². The molecule has 20 heavy (non-hydrogen) atoms. The number of aromatic amines is 1. The quantitative estimate of drug-likeness (QED) is 0.705. The molecule has 0 fully saturated rings. The molecule has 0 amide bonds. The maximum atomic E-state index is 11.9. The van der Waals surface area contributed by atoms with Gasteiger partial charge in [-0.15, -0.1) is 11.3 Å². The molecule has 2 N–H and O–H groups in total. The molecule has 0 unspecified atom stereocenters. The third-order valence-electron chi connectivity index (χ3n) is 2.52. The maximum Gasteiger partial charge on any atom is 0.339 e. The predicted octanol–water partition coefficient (Wildman–Crippen LogP) is 1.73. The lowest BCUT2D eigenvalue weighted by molar-refractivity contribution is 0.0529. The standard InChI is InChI=1S/C11H10N6O2S/c1-2-19-10(18)6-3-20-9-7(6)8(12-4-13-9)16-11-14-5-15-17-11/h3-5H,2H2,1H3,(H2,12,13,14,15,16,17). The lowest BCUT2D eigenvalue weighted by Crippen LogP contribution is -2.05. The minimum atomic E-state index is -0.394. The van der Waals surface area contributed by atoms with Gasteiger partial charge in [0, 0.05) is 5.38 Å². The third-order valence-corrected chi connectivity index (χ3v) is 3.40. The summed E-state index contributed by atoms with van der Waals surface area (Å²) in [7, 11) is 0. The first-order valence-corrected chi connectivity index (χ1v) is 6.69. The Morgan fingerprint density at radius 1 is 1.40 bits per heavy atom. The fraction of sp³-hybridized carbons (Fsp3) is 0.182. The zero-order chi connectivity index (χ0) is 13.9. The Morgan fingerprint density at radius 3 is 3.05 bits per heavy atom. The number of nitrogens with one attached hydrogen (secondary N) is 2. The van der Waals surface area contributed by atoms with Crippen molar-refractivity contribution in [1.82, 2.24) is 25.1 Å². The van der Waals surface area contributed by atoms with Gasteiger partial charge in [-0.05, 0) is 6.92 Å². The third kappa shape index (κ3) is 2.18. The lowest BCUT2D eigenvalue weighted by atomic mass is 10.2. The second-order valence-corrected chi connectivity index (χ2v) is 4.59. The number of carbonyl (C=O) groups is 1. The van der Waals surface area contributed by atoms with Crippen LogP contribution in [0.15, 0.2) is 18.0 Å². The Labute approximate surface area is 117 Å². The summed E-state index contributed by atoms with van der Waals surface area (Å²) >= 11 is 1.36. The van der Waals surface area contributed by atoms with Crippen LogP contribution in [0.25, 0.3) is 10.2 Å². The minimum Gasteiger partial charge on any atom is -0.462 e. The van der Waals surface area contributed by atoms with Gasteiger partial charge in [0.15, 0.2) is 0 Å². The topological polar surface area (TPSA) is 106 Å². The van der Waals surface area contributed by atoms with Crippen molar-refractivity contribution in [2.75, 3.05) is 11.9 Å². The highest BCUT2D eigenvalue weighted by Gasteiger charge is 2.18. The molecule has 0 radical (unpaired) electrons. The Bertz CT molecular complexity index is 739. The number of carbonyl (C=O) groups excluding carboxylic acids is 1. The Morgan fingerprint density at radius 2 is 2.30 bits per heavy atom. The van der Waals surface area contributed by atoms with Crippen molar-refractivity contribution < 1.29 is 9.53 Å². The summed E-state index contributed by atoms with van der Waals surface area (Å²) in [4.78, 5) is 24.9. The van der Waals surface area contributed by atoms with Gasteiger partial charge >= 0.3 is 5.97 Å². The number of hydrogen-bond donors (Lipinski definition) is 2. The number of fused-ring (bicyclic) bond motifs is 1. The Balaban J connectivity index is 2.07. The average molecular weight is 290 g/mol. The van der Waals surface area contributed by atoms with E-state index < -0.39 is 5.97 Å². The molecule has 102 valence electrons. The molecule has 9 heteroatoms. The molecule has 3 rings (SSSR count). The molecule has 0 aliphatic heterocycles. The van der Waals surface area contributed by atoms with Gasteiger partial charge in [-0.3, -0.25) is 0 Å². The number of ether oxygens (including phenoxy) is 1. The molecule has 0 saturated heterocycles. The number of aromatic nitrogens is 5. The number of thiophene rings is 1. The first kappa shape index (κ1) is 12.5. The Hall–Kier alpha value is -2.55. The highest BCUT2D eigenvalue weighted by molar-refractivity contribution is 7.17. The number of esters is 1. The predicted molar refractivity (Wildman–Crippen MR) is 73.0 cm³/mol. The van der Waals surface area contributed by atoms with Crippen molar-refractivity contribution >= 4 is 39.3 Å². The normalized spacial score (nSPS) is 10.7. The molecule has 0 saturated carbocycles. The summed E-state index contributed by atoms with van der Waals surface area (Å²) < 4.78 is 5.03. The Kier molecular flexibility index (Phi) is 3.25. The molecule has 0 spiro atoms. The SMILES string of the molecule is CCOC(=O)c1csc2ncnc(Nc3ncn[nH]3)c12. The highest BCUT2D eigenvalue weighted by Crippen LogP contribution is 2.30. The van der Waals surface area contributed by atoms with Crippen LogP contribution in [0.2, 0.25) is 0 Å². The van der Waals surface area contributed by atoms with E-state index in [-0.39, 0.29) is 0 Å². The molecule has 0 atom stereocenters. The van der Waals surface area contributed by atoms with Crippen LogP contribution >= 0.6 is 11.3 Å². The van der Waals surface area contributed by atoms with Crippen LogP contribution in [0, 0.1) is 0 Å². The van der Waals surface area contributed by atoms with E-state index in [0.29, 0.717) is 34.2 Å². The molecule has 3 aromatic heterocycles. The van der Waals surface area contributed by atoms with Gasteiger partial charge < -0.3 is 10.1 Å². The van der Waals surface area contributed by atoms with Crippen LogP contribution in [-0.2, 0) is 4.74 Å². The summed E-state index contributed by atoms with van der Waals surface area (Å²) in [6.45, 7) is 2.07. The number of H-pyrrole nitrogens is 1. The molecule has 3 aromatic rings. The van der Waals surface area contributed by atoms with Crippen LogP contribution in [0.5, 0.6) is 0 Å². The molecule has 3 heterocycles. The van der Waals surface area contributed by atoms with Crippen LogP contribution in [0.3, 0.4) is 0 Å². The van der Waals surface area contributed by atoms with Crippen molar-refractivity contribution in [3.05, 3.63) is 23.6 Å². The number of anilines is 2. The summed E-state index contributed by atoms with van der Waals surface area (Å²) in [6, 6.07) is 0. The average Bonchev–Trinajstić information content (AvgIpc) is 3.08. The highest BCUT2D eigenvalue weighted by atomic mass is 32.1. The van der Waals surface area contributed by atoms with E-state index in [0.717, 1.165) is 0 Å². The number of nitrogens with zero attached hydrogens (tertiary/aromatic N) is 4. The first-order chi connectivity index (χ1) is 9.79. The smallest absolute Gasteiger partial charge is 0.339 e. The molecule has 0 aromatic carbocycles. The molecular weight excluding hydrogens is 280 g/mol. The van der Waals surface area contributed by atoms with Gasteiger partial charge in [-0.25, -0.2) is 19.9 Å². The van der Waals surface area contributed by atoms with Crippen LogP contribution in [0.4, 0.5) is 11.8 Å². The molecule has 0 aliphatic rings. The summed E-state index contributed by atoms with van der Waals surface area (Å²) in [6.07, 6.45) is 2.80. The van der Waals surface area contributed by atoms with Gasteiger partial charge in [0.1, 0.15) is 23.3 Å². The van der Waals surface area contributed by atoms with Crippen LogP contribution in [-0.4, -0.2) is 37.7 Å². The van der Waals surface area contributed by atoms with E-state index in [4.69, 9.17) is 4.74 Å². The fourth-order valence-corrected chi connectivity index (χ4v) is 2.58. The zero-order valence-electron chi connectivity index (χ0n) is 10.5. The van der Waals surface area contributed by atoms with Gasteiger partial charge in [-0.2, -0.15) is 10.1 Å². The molecule has 8 nitrogen and oxygen atoms in total. The molecule has 0 bridgehead atoms. The van der Waals surface area contributed by atoms with Gasteiger partial charge in [0.2, 0.25) is 5.95 Å². The lowest BCUT2D eigenvalue weighted by Gasteiger charge is -2.05. The van der Waals surface area contributed by atoms with E-state index in [1.54, 1.807) is 12.3 Å². The van der Waals surface area contributed by atoms with Crippen LogP contribution < -0.4 is 5.32 Å². The van der Waals surface area contributed by atoms with Gasteiger partial charge in [-0.1, -0.05) is 0 Å². The molecular formula is C11H10N6O2S. The maximum absolute atomic E-state index is 11.9. The number of hydrogen-bond acceptors (Lipinski definition) is 8. The zero-order valence-corrected chi connectivity index (χ0v) is 11.3. The van der Waals surface area contributed by atoms with E-state index in [1.807, 2.05) is 0 Å². The van der Waals surface area contributed by atoms with E-state index in [1.165, 1.54) is 24.0 Å². The van der Waals surface area contributed by atoms with Crippen molar-refractivity contribution in [1.29, 1.82) is 0 Å². The largest absolute Gasteiger partial charge is 0.462 e. The van der Waals surface area contributed by atoms with E-state index in [9.17, 15) is 4.79 Å². The second-order valence-electron chi connectivity index (χ2n) is 3.73. The second kappa shape index (κ2) is 5.21. The summed E-state index contributed by atoms with van der Waals surface area (Å²) in [5.41, 5.74) is 0.439. The van der Waals surface area contributed by atoms with Crippen LogP contribution in [0.1, 0.15) is 17.3 Å². The van der Waals surface area contributed by atoms with Crippen molar-refractivity contribution in [3.8, 4) is 0 Å².